The fourth-order valence-corrected chi connectivity index (χ4v) is 3.27. The first-order chi connectivity index (χ1) is 12.7. The monoisotopic (exact) mass is 343 g/mol. The van der Waals surface area contributed by atoms with Crippen LogP contribution in [-0.2, 0) is 6.42 Å². The average molecular weight is 343 g/mol. The van der Waals surface area contributed by atoms with Crippen molar-refractivity contribution >= 4 is 0 Å². The van der Waals surface area contributed by atoms with Crippen LogP contribution in [0.25, 0.3) is 22.3 Å². The molecule has 0 aliphatic rings. The molecule has 0 fully saturated rings. The second kappa shape index (κ2) is 8.45. The third-order valence-corrected chi connectivity index (χ3v) is 4.64. The minimum Gasteiger partial charge on any atom is -0.205 e. The molecule has 3 aromatic carbocycles. The fourth-order valence-electron chi connectivity index (χ4n) is 3.27. The van der Waals surface area contributed by atoms with E-state index >= 15 is 0 Å². The van der Waals surface area contributed by atoms with E-state index in [1.54, 1.807) is 12.1 Å². The second-order valence-corrected chi connectivity index (χ2v) is 6.48. The third-order valence-electron chi connectivity index (χ3n) is 4.64. The standard InChI is InChI=1S/C24H22FN/c1-2-3-4-9-18-10-7-11-19(16-18)21-13-5-6-14-22(21)23-15-8-12-20(17-26)24(23)25/h5-8,10-16H,2-4,9H2,1H3. The lowest BCUT2D eigenvalue weighted by Gasteiger charge is -2.12. The third kappa shape index (κ3) is 3.83. The van der Waals surface area contributed by atoms with Crippen molar-refractivity contribution in [3.63, 3.8) is 0 Å². The Hall–Kier alpha value is -2.92. The number of hydrogen-bond acceptors (Lipinski definition) is 1. The van der Waals surface area contributed by atoms with Gasteiger partial charge in [0, 0.05) is 5.56 Å². The van der Waals surface area contributed by atoms with E-state index in [0.29, 0.717) is 5.56 Å². The molecule has 0 N–H and O–H groups in total. The molecule has 0 saturated carbocycles. The van der Waals surface area contributed by atoms with E-state index < -0.39 is 5.82 Å². The smallest absolute Gasteiger partial charge is 0.148 e. The lowest BCUT2D eigenvalue weighted by molar-refractivity contribution is 0.627. The molecule has 26 heavy (non-hydrogen) atoms. The van der Waals surface area contributed by atoms with Crippen molar-refractivity contribution in [1.82, 2.24) is 0 Å². The number of rotatable bonds is 6. The molecular weight excluding hydrogens is 321 g/mol. The summed E-state index contributed by atoms with van der Waals surface area (Å²) in [6, 6.07) is 23.2. The van der Waals surface area contributed by atoms with Crippen molar-refractivity contribution in [2.75, 3.05) is 0 Å². The Morgan fingerprint density at radius 3 is 2.35 bits per heavy atom. The number of nitrogens with zero attached hydrogens (tertiary/aromatic N) is 1. The topological polar surface area (TPSA) is 23.8 Å². The largest absolute Gasteiger partial charge is 0.205 e. The van der Waals surface area contributed by atoms with E-state index in [2.05, 4.69) is 31.2 Å². The van der Waals surface area contributed by atoms with Crippen molar-refractivity contribution in [2.24, 2.45) is 0 Å². The van der Waals surface area contributed by atoms with Gasteiger partial charge in [0.25, 0.3) is 0 Å². The molecule has 0 unspecified atom stereocenters. The van der Waals surface area contributed by atoms with Gasteiger partial charge < -0.3 is 0 Å². The zero-order valence-electron chi connectivity index (χ0n) is 15.0. The predicted octanol–water partition coefficient (Wildman–Crippen LogP) is 6.76. The molecule has 1 nitrogen and oxygen atoms in total. The molecule has 0 aromatic heterocycles. The predicted molar refractivity (Wildman–Crippen MR) is 105 cm³/mol. The Morgan fingerprint density at radius 1 is 0.846 bits per heavy atom. The van der Waals surface area contributed by atoms with Gasteiger partial charge in [-0.2, -0.15) is 5.26 Å². The van der Waals surface area contributed by atoms with Crippen LogP contribution >= 0.6 is 0 Å². The first-order valence-electron chi connectivity index (χ1n) is 9.12. The summed E-state index contributed by atoms with van der Waals surface area (Å²) in [6.45, 7) is 2.20. The van der Waals surface area contributed by atoms with E-state index in [9.17, 15) is 4.39 Å². The fraction of sp³-hybridized carbons (Fsp3) is 0.208. The molecule has 3 rings (SSSR count). The molecule has 0 bridgehead atoms. The van der Waals surface area contributed by atoms with Crippen LogP contribution in [0.15, 0.2) is 66.7 Å². The Morgan fingerprint density at radius 2 is 1.58 bits per heavy atom. The van der Waals surface area contributed by atoms with Gasteiger partial charge in [-0.25, -0.2) is 4.39 Å². The van der Waals surface area contributed by atoms with Crippen molar-refractivity contribution in [3.8, 4) is 28.3 Å². The van der Waals surface area contributed by atoms with Crippen LogP contribution < -0.4 is 0 Å². The molecule has 0 saturated heterocycles. The van der Waals surface area contributed by atoms with E-state index in [4.69, 9.17) is 5.26 Å². The van der Waals surface area contributed by atoms with Gasteiger partial charge in [-0.3, -0.25) is 0 Å². The zero-order valence-corrected chi connectivity index (χ0v) is 15.0. The Balaban J connectivity index is 2.04. The summed E-state index contributed by atoms with van der Waals surface area (Å²) in [5.41, 5.74) is 4.72. The summed E-state index contributed by atoms with van der Waals surface area (Å²) in [5.74, 6) is -0.457. The maximum atomic E-state index is 14.7. The molecule has 130 valence electrons. The van der Waals surface area contributed by atoms with Crippen LogP contribution in [0.2, 0.25) is 0 Å². The summed E-state index contributed by atoms with van der Waals surface area (Å²) >= 11 is 0. The minimum absolute atomic E-state index is 0.0746. The first kappa shape index (κ1) is 17.9. The van der Waals surface area contributed by atoms with Crippen LogP contribution in [-0.4, -0.2) is 0 Å². The van der Waals surface area contributed by atoms with Gasteiger partial charge in [0.1, 0.15) is 11.9 Å². The van der Waals surface area contributed by atoms with Crippen molar-refractivity contribution in [2.45, 2.75) is 32.6 Å². The quantitative estimate of drug-likeness (QED) is 0.453. The maximum Gasteiger partial charge on any atom is 0.148 e. The highest BCUT2D eigenvalue weighted by Crippen LogP contribution is 2.34. The minimum atomic E-state index is -0.457. The average Bonchev–Trinajstić information content (AvgIpc) is 2.69. The summed E-state index contributed by atoms with van der Waals surface area (Å²) in [5, 5.41) is 9.13. The van der Waals surface area contributed by atoms with E-state index in [0.717, 1.165) is 23.1 Å². The van der Waals surface area contributed by atoms with Crippen LogP contribution in [0.4, 0.5) is 4.39 Å². The number of benzene rings is 3. The Kier molecular flexibility index (Phi) is 5.81. The Bertz CT molecular complexity index is 937. The lowest BCUT2D eigenvalue weighted by Crippen LogP contribution is -1.93. The van der Waals surface area contributed by atoms with Gasteiger partial charge in [0.2, 0.25) is 0 Å². The van der Waals surface area contributed by atoms with E-state index in [1.165, 1.54) is 30.9 Å². The maximum absolute atomic E-state index is 14.7. The molecule has 0 aliphatic carbocycles. The number of nitriles is 1. The molecule has 2 heteroatoms. The SMILES string of the molecule is CCCCCc1cccc(-c2ccccc2-c2cccc(C#N)c2F)c1. The van der Waals surface area contributed by atoms with Crippen LogP contribution in [0, 0.1) is 17.1 Å². The molecule has 0 heterocycles. The molecule has 0 radical (unpaired) electrons. The van der Waals surface area contributed by atoms with Gasteiger partial charge in [-0.1, -0.05) is 80.4 Å². The van der Waals surface area contributed by atoms with Gasteiger partial charge >= 0.3 is 0 Å². The Labute approximate surface area is 154 Å². The van der Waals surface area contributed by atoms with Crippen LogP contribution in [0.5, 0.6) is 0 Å². The van der Waals surface area contributed by atoms with Crippen molar-refractivity contribution < 1.29 is 4.39 Å². The molecule has 0 amide bonds. The van der Waals surface area contributed by atoms with Crippen molar-refractivity contribution in [1.29, 1.82) is 5.26 Å². The second-order valence-electron chi connectivity index (χ2n) is 6.48. The summed E-state index contributed by atoms with van der Waals surface area (Å²) < 4.78 is 14.7. The summed E-state index contributed by atoms with van der Waals surface area (Å²) in [7, 11) is 0. The van der Waals surface area contributed by atoms with Crippen LogP contribution in [0.1, 0.15) is 37.3 Å². The highest BCUT2D eigenvalue weighted by Gasteiger charge is 2.14. The molecule has 3 aromatic rings. The molecule has 0 atom stereocenters. The normalized spacial score (nSPS) is 10.5. The number of unbranched alkanes of at least 4 members (excludes halogenated alkanes) is 2. The lowest BCUT2D eigenvalue weighted by atomic mass is 9.92. The molecule has 0 spiro atoms. The van der Waals surface area contributed by atoms with E-state index in [-0.39, 0.29) is 5.56 Å². The number of aryl methyl sites for hydroxylation is 1. The molecular formula is C24H22FN. The van der Waals surface area contributed by atoms with Crippen LogP contribution in [0.3, 0.4) is 0 Å². The van der Waals surface area contributed by atoms with Crippen molar-refractivity contribution in [3.05, 3.63) is 83.7 Å². The highest BCUT2D eigenvalue weighted by molar-refractivity contribution is 5.84. The van der Waals surface area contributed by atoms with Gasteiger partial charge in [0.15, 0.2) is 0 Å². The highest BCUT2D eigenvalue weighted by atomic mass is 19.1. The first-order valence-corrected chi connectivity index (χ1v) is 9.12. The summed E-state index contributed by atoms with van der Waals surface area (Å²) in [4.78, 5) is 0. The number of hydrogen-bond donors (Lipinski definition) is 0. The van der Waals surface area contributed by atoms with Gasteiger partial charge in [-0.15, -0.1) is 0 Å². The summed E-state index contributed by atoms with van der Waals surface area (Å²) in [6.07, 6.45) is 4.67. The number of halogens is 1. The van der Waals surface area contributed by atoms with Gasteiger partial charge in [-0.05, 0) is 41.2 Å². The zero-order chi connectivity index (χ0) is 18.4. The van der Waals surface area contributed by atoms with E-state index in [1.807, 2.05) is 30.3 Å². The molecule has 0 aliphatic heterocycles. The van der Waals surface area contributed by atoms with Gasteiger partial charge in [0.05, 0.1) is 5.56 Å².